The molecule has 160 valence electrons. The second kappa shape index (κ2) is 8.52. The molecule has 0 saturated carbocycles. The highest BCUT2D eigenvalue weighted by atomic mass is 16.6. The summed E-state index contributed by atoms with van der Waals surface area (Å²) < 4.78 is 7.04. The molecule has 4 aromatic rings. The first kappa shape index (κ1) is 20.5. The Bertz CT molecular complexity index is 1340. The Morgan fingerprint density at radius 1 is 0.938 bits per heavy atom. The molecule has 1 aromatic heterocycles. The molecule has 0 aliphatic carbocycles. The number of ether oxygens (including phenoxy) is 1. The highest BCUT2D eigenvalue weighted by Crippen LogP contribution is 2.30. The average molecular weight is 433 g/mol. The van der Waals surface area contributed by atoms with Gasteiger partial charge in [-0.25, -0.2) is 0 Å². The van der Waals surface area contributed by atoms with Crippen LogP contribution < -0.4 is 10.1 Å². The van der Waals surface area contributed by atoms with Crippen LogP contribution in [-0.2, 0) is 11.3 Å². The Morgan fingerprint density at radius 2 is 1.69 bits per heavy atom. The third-order valence-electron chi connectivity index (χ3n) is 4.49. The molecule has 0 bridgehead atoms. The van der Waals surface area contributed by atoms with Crippen molar-refractivity contribution in [2.45, 2.75) is 6.54 Å². The third kappa shape index (κ3) is 4.51. The summed E-state index contributed by atoms with van der Waals surface area (Å²) in [5, 5.41) is 29.4. The molecule has 0 spiro atoms. The maximum absolute atomic E-state index is 12.6. The maximum atomic E-state index is 12.6. The van der Waals surface area contributed by atoms with Crippen molar-refractivity contribution in [2.24, 2.45) is 0 Å². The molecule has 0 aliphatic heterocycles. The molecule has 0 aliphatic rings. The first-order valence-electron chi connectivity index (χ1n) is 9.31. The summed E-state index contributed by atoms with van der Waals surface area (Å²) >= 11 is 0. The highest BCUT2D eigenvalue weighted by Gasteiger charge is 2.15. The lowest BCUT2D eigenvalue weighted by atomic mass is 10.2. The minimum Gasteiger partial charge on any atom is -0.457 e. The number of non-ortho nitro benzene ring substituents is 2. The second-order valence-corrected chi connectivity index (χ2v) is 6.74. The maximum Gasteiger partial charge on any atom is 0.275 e. The van der Waals surface area contributed by atoms with E-state index >= 15 is 0 Å². The van der Waals surface area contributed by atoms with Crippen LogP contribution in [0.1, 0.15) is 0 Å². The van der Waals surface area contributed by atoms with Crippen molar-refractivity contribution >= 4 is 33.9 Å². The number of carbonyl (C=O) groups is 1. The third-order valence-corrected chi connectivity index (χ3v) is 4.49. The Kier molecular flexibility index (Phi) is 5.45. The summed E-state index contributed by atoms with van der Waals surface area (Å²) in [6.07, 6.45) is 1.43. The molecule has 0 atom stereocenters. The monoisotopic (exact) mass is 433 g/mol. The van der Waals surface area contributed by atoms with E-state index in [-0.39, 0.29) is 29.4 Å². The zero-order chi connectivity index (χ0) is 22.7. The van der Waals surface area contributed by atoms with E-state index in [4.69, 9.17) is 4.74 Å². The Morgan fingerprint density at radius 3 is 2.41 bits per heavy atom. The van der Waals surface area contributed by atoms with Gasteiger partial charge in [-0.05, 0) is 18.2 Å². The van der Waals surface area contributed by atoms with Gasteiger partial charge in [0.1, 0.15) is 18.0 Å². The summed E-state index contributed by atoms with van der Waals surface area (Å²) in [7, 11) is 0. The lowest BCUT2D eigenvalue weighted by Crippen LogP contribution is -2.19. The summed E-state index contributed by atoms with van der Waals surface area (Å²) in [6.45, 7) is -0.196. The number of hydrogen-bond donors (Lipinski definition) is 1. The van der Waals surface area contributed by atoms with Crippen LogP contribution in [0.2, 0.25) is 0 Å². The molecule has 4 rings (SSSR count). The van der Waals surface area contributed by atoms with Crippen LogP contribution in [0.3, 0.4) is 0 Å². The van der Waals surface area contributed by atoms with Gasteiger partial charge in [0.05, 0.1) is 33.3 Å². The highest BCUT2D eigenvalue weighted by molar-refractivity contribution is 5.92. The van der Waals surface area contributed by atoms with Gasteiger partial charge in [-0.2, -0.15) is 5.10 Å². The number of hydrogen-bond acceptors (Lipinski definition) is 7. The van der Waals surface area contributed by atoms with Crippen LogP contribution in [0.25, 0.3) is 10.9 Å². The number of nitrogens with one attached hydrogen (secondary N) is 1. The lowest BCUT2D eigenvalue weighted by molar-refractivity contribution is -0.385. The largest absolute Gasteiger partial charge is 0.457 e. The van der Waals surface area contributed by atoms with Crippen LogP contribution in [0.15, 0.2) is 72.9 Å². The zero-order valence-electron chi connectivity index (χ0n) is 16.4. The fourth-order valence-electron chi connectivity index (χ4n) is 3.10. The van der Waals surface area contributed by atoms with E-state index in [1.54, 1.807) is 24.3 Å². The van der Waals surface area contributed by atoms with Crippen molar-refractivity contribution in [2.75, 3.05) is 5.32 Å². The number of nitro benzene ring substituents is 2. The number of fused-ring (bicyclic) bond motifs is 1. The molecule has 11 nitrogen and oxygen atoms in total. The van der Waals surface area contributed by atoms with Gasteiger partial charge >= 0.3 is 0 Å². The van der Waals surface area contributed by atoms with Crippen molar-refractivity contribution in [1.29, 1.82) is 0 Å². The summed E-state index contributed by atoms with van der Waals surface area (Å²) in [4.78, 5) is 33.7. The van der Waals surface area contributed by atoms with E-state index in [2.05, 4.69) is 10.4 Å². The Hall–Kier alpha value is -4.80. The lowest BCUT2D eigenvalue weighted by Gasteiger charge is -2.10. The van der Waals surface area contributed by atoms with Gasteiger partial charge in [-0.3, -0.25) is 29.7 Å². The van der Waals surface area contributed by atoms with Gasteiger partial charge in [0.25, 0.3) is 11.4 Å². The van der Waals surface area contributed by atoms with Crippen LogP contribution >= 0.6 is 0 Å². The fourth-order valence-corrected chi connectivity index (χ4v) is 3.10. The predicted octanol–water partition coefficient (Wildman–Crippen LogP) is 4.28. The van der Waals surface area contributed by atoms with Gasteiger partial charge in [0, 0.05) is 29.7 Å². The van der Waals surface area contributed by atoms with E-state index in [1.165, 1.54) is 47.3 Å². The van der Waals surface area contributed by atoms with Crippen LogP contribution in [0.4, 0.5) is 17.1 Å². The van der Waals surface area contributed by atoms with E-state index in [0.717, 1.165) is 0 Å². The number of carbonyl (C=O) groups excluding carboxylic acids is 1. The van der Waals surface area contributed by atoms with Gasteiger partial charge in [-0.1, -0.05) is 18.2 Å². The normalized spacial score (nSPS) is 10.6. The molecule has 0 fully saturated rings. The van der Waals surface area contributed by atoms with Crippen molar-refractivity contribution in [3.63, 3.8) is 0 Å². The molecule has 1 amide bonds. The predicted molar refractivity (Wildman–Crippen MR) is 115 cm³/mol. The van der Waals surface area contributed by atoms with Crippen LogP contribution in [-0.4, -0.2) is 25.5 Å². The minimum atomic E-state index is -0.582. The topological polar surface area (TPSA) is 142 Å². The van der Waals surface area contributed by atoms with E-state index < -0.39 is 15.8 Å². The molecule has 3 aromatic carbocycles. The number of benzene rings is 3. The molecule has 32 heavy (non-hydrogen) atoms. The number of nitrogens with zero attached hydrogens (tertiary/aromatic N) is 4. The van der Waals surface area contributed by atoms with Crippen molar-refractivity contribution < 1.29 is 19.4 Å². The Labute approximate surface area is 180 Å². The summed E-state index contributed by atoms with van der Waals surface area (Å²) in [5.74, 6) is 0.194. The van der Waals surface area contributed by atoms with Crippen LogP contribution in [0, 0.1) is 20.2 Å². The zero-order valence-corrected chi connectivity index (χ0v) is 16.4. The van der Waals surface area contributed by atoms with Crippen LogP contribution in [0.5, 0.6) is 11.5 Å². The quantitative estimate of drug-likeness (QED) is 0.338. The first-order chi connectivity index (χ1) is 15.4. The molecule has 1 heterocycles. The second-order valence-electron chi connectivity index (χ2n) is 6.74. The Balaban J connectivity index is 1.54. The number of anilines is 1. The molecule has 0 unspecified atom stereocenters. The van der Waals surface area contributed by atoms with Gasteiger partial charge < -0.3 is 10.1 Å². The molecule has 0 saturated heterocycles. The SMILES string of the molecule is O=C(Cn1ncc2cc([N+](=O)[O-])ccc21)Nc1cc(Oc2ccccc2)cc([N+](=O)[O-])c1. The van der Waals surface area contributed by atoms with Gasteiger partial charge in [0.2, 0.25) is 5.91 Å². The molecule has 11 heteroatoms. The summed E-state index contributed by atoms with van der Waals surface area (Å²) in [6, 6.07) is 16.9. The number of para-hydroxylation sites is 1. The number of amides is 1. The number of aromatic nitrogens is 2. The molecule has 1 N–H and O–H groups in total. The number of nitro groups is 2. The molecular formula is C21H15N5O6. The van der Waals surface area contributed by atoms with E-state index in [1.807, 2.05) is 6.07 Å². The van der Waals surface area contributed by atoms with E-state index in [9.17, 15) is 25.0 Å². The van der Waals surface area contributed by atoms with Crippen molar-refractivity contribution in [1.82, 2.24) is 9.78 Å². The molecular weight excluding hydrogens is 418 g/mol. The molecule has 0 radical (unpaired) electrons. The number of rotatable bonds is 7. The van der Waals surface area contributed by atoms with Crippen molar-refractivity contribution in [3.8, 4) is 11.5 Å². The first-order valence-corrected chi connectivity index (χ1v) is 9.31. The van der Waals surface area contributed by atoms with Gasteiger partial charge in [-0.15, -0.1) is 0 Å². The smallest absolute Gasteiger partial charge is 0.275 e. The van der Waals surface area contributed by atoms with E-state index in [0.29, 0.717) is 16.7 Å². The van der Waals surface area contributed by atoms with Crippen molar-refractivity contribution in [3.05, 3.63) is 93.2 Å². The standard InChI is InChI=1S/C21H15N5O6/c27-21(13-24-20-7-6-16(25(28)29)8-14(20)12-22-24)23-15-9-17(26(30)31)11-19(10-15)32-18-4-2-1-3-5-18/h1-12H,13H2,(H,23,27). The minimum absolute atomic E-state index is 0.0796. The summed E-state index contributed by atoms with van der Waals surface area (Å²) in [5.41, 5.74) is 0.398. The fraction of sp³-hybridized carbons (Fsp3) is 0.0476. The van der Waals surface area contributed by atoms with Gasteiger partial charge in [0.15, 0.2) is 0 Å². The average Bonchev–Trinajstić information content (AvgIpc) is 3.16.